The molecular formula is C16H14N2O2. The molecule has 0 unspecified atom stereocenters. The van der Waals surface area contributed by atoms with Gasteiger partial charge in [0, 0.05) is 17.8 Å². The van der Waals surface area contributed by atoms with Crippen LogP contribution < -0.4 is 10.3 Å². The van der Waals surface area contributed by atoms with E-state index in [2.05, 4.69) is 4.98 Å². The van der Waals surface area contributed by atoms with E-state index in [-0.39, 0.29) is 5.56 Å². The fraction of sp³-hybridized carbons (Fsp3) is 0.125. The SMILES string of the molecule is COc1cccc(-c2cc(=O)n3cc(C)ccc3n2)c1. The van der Waals surface area contributed by atoms with Gasteiger partial charge in [0.25, 0.3) is 5.56 Å². The summed E-state index contributed by atoms with van der Waals surface area (Å²) >= 11 is 0. The Morgan fingerprint density at radius 2 is 2.00 bits per heavy atom. The van der Waals surface area contributed by atoms with Gasteiger partial charge in [-0.1, -0.05) is 18.2 Å². The van der Waals surface area contributed by atoms with Gasteiger partial charge in [0.05, 0.1) is 12.8 Å². The molecule has 0 aliphatic carbocycles. The molecule has 0 saturated carbocycles. The number of rotatable bonds is 2. The van der Waals surface area contributed by atoms with Gasteiger partial charge in [-0.3, -0.25) is 9.20 Å². The minimum absolute atomic E-state index is 0.0866. The van der Waals surface area contributed by atoms with E-state index in [1.807, 2.05) is 43.3 Å². The predicted molar refractivity (Wildman–Crippen MR) is 78.2 cm³/mol. The number of benzene rings is 1. The van der Waals surface area contributed by atoms with Gasteiger partial charge in [0.2, 0.25) is 0 Å². The van der Waals surface area contributed by atoms with Crippen LogP contribution in [0.25, 0.3) is 16.9 Å². The van der Waals surface area contributed by atoms with Crippen LogP contribution in [0.15, 0.2) is 53.5 Å². The zero-order chi connectivity index (χ0) is 14.1. The van der Waals surface area contributed by atoms with Crippen molar-refractivity contribution in [3.05, 3.63) is 64.6 Å². The molecule has 2 heterocycles. The first kappa shape index (κ1) is 12.4. The molecule has 0 saturated heterocycles. The number of nitrogens with zero attached hydrogens (tertiary/aromatic N) is 2. The molecular weight excluding hydrogens is 252 g/mol. The predicted octanol–water partition coefficient (Wildman–Crippen LogP) is 2.68. The van der Waals surface area contributed by atoms with Gasteiger partial charge in [-0.05, 0) is 30.7 Å². The zero-order valence-corrected chi connectivity index (χ0v) is 11.3. The topological polar surface area (TPSA) is 43.6 Å². The maximum Gasteiger partial charge on any atom is 0.258 e. The van der Waals surface area contributed by atoms with Crippen LogP contribution in [-0.2, 0) is 0 Å². The Balaban J connectivity index is 2.22. The molecule has 100 valence electrons. The fourth-order valence-electron chi connectivity index (χ4n) is 2.14. The largest absolute Gasteiger partial charge is 0.497 e. The third-order valence-corrected chi connectivity index (χ3v) is 3.17. The van der Waals surface area contributed by atoms with Crippen LogP contribution in [0, 0.1) is 6.92 Å². The van der Waals surface area contributed by atoms with E-state index in [1.54, 1.807) is 23.8 Å². The summed E-state index contributed by atoms with van der Waals surface area (Å²) in [4.78, 5) is 16.7. The first-order valence-electron chi connectivity index (χ1n) is 6.32. The quantitative estimate of drug-likeness (QED) is 0.716. The fourth-order valence-corrected chi connectivity index (χ4v) is 2.14. The third-order valence-electron chi connectivity index (χ3n) is 3.17. The van der Waals surface area contributed by atoms with E-state index in [0.29, 0.717) is 11.3 Å². The lowest BCUT2D eigenvalue weighted by molar-refractivity contribution is 0.415. The average molecular weight is 266 g/mol. The lowest BCUT2D eigenvalue weighted by atomic mass is 10.1. The summed E-state index contributed by atoms with van der Waals surface area (Å²) in [7, 11) is 1.62. The first-order valence-corrected chi connectivity index (χ1v) is 6.32. The lowest BCUT2D eigenvalue weighted by Crippen LogP contribution is -2.14. The molecule has 0 aliphatic rings. The number of aromatic nitrogens is 2. The summed E-state index contributed by atoms with van der Waals surface area (Å²) in [6.07, 6.45) is 1.79. The van der Waals surface area contributed by atoms with Crippen LogP contribution in [0.1, 0.15) is 5.56 Å². The van der Waals surface area contributed by atoms with Gasteiger partial charge in [-0.15, -0.1) is 0 Å². The summed E-state index contributed by atoms with van der Waals surface area (Å²) in [6.45, 7) is 1.95. The van der Waals surface area contributed by atoms with E-state index in [9.17, 15) is 4.79 Å². The maximum absolute atomic E-state index is 12.2. The Labute approximate surface area is 116 Å². The molecule has 0 fully saturated rings. The van der Waals surface area contributed by atoms with Gasteiger partial charge in [-0.25, -0.2) is 4.98 Å². The summed E-state index contributed by atoms with van der Waals surface area (Å²) in [5.74, 6) is 0.744. The smallest absolute Gasteiger partial charge is 0.258 e. The lowest BCUT2D eigenvalue weighted by Gasteiger charge is -2.06. The van der Waals surface area contributed by atoms with Gasteiger partial charge >= 0.3 is 0 Å². The molecule has 3 rings (SSSR count). The van der Waals surface area contributed by atoms with Crippen molar-refractivity contribution in [3.8, 4) is 17.0 Å². The van der Waals surface area contributed by atoms with Gasteiger partial charge in [0.1, 0.15) is 11.4 Å². The van der Waals surface area contributed by atoms with Crippen LogP contribution in [0.3, 0.4) is 0 Å². The number of aryl methyl sites for hydroxylation is 1. The second-order valence-electron chi connectivity index (χ2n) is 4.65. The minimum Gasteiger partial charge on any atom is -0.497 e. The second-order valence-corrected chi connectivity index (χ2v) is 4.65. The van der Waals surface area contributed by atoms with Gasteiger partial charge < -0.3 is 4.74 Å². The van der Waals surface area contributed by atoms with E-state index < -0.39 is 0 Å². The van der Waals surface area contributed by atoms with Crippen molar-refractivity contribution in [2.24, 2.45) is 0 Å². The standard InChI is InChI=1S/C16H14N2O2/c1-11-6-7-15-17-14(9-16(19)18(15)10-11)12-4-3-5-13(8-12)20-2/h3-10H,1-2H3. The highest BCUT2D eigenvalue weighted by atomic mass is 16.5. The van der Waals surface area contributed by atoms with Crippen LogP contribution in [0.5, 0.6) is 5.75 Å². The molecule has 0 N–H and O–H groups in total. The normalized spacial score (nSPS) is 10.7. The van der Waals surface area contributed by atoms with Crippen molar-refractivity contribution in [2.45, 2.75) is 6.92 Å². The van der Waals surface area contributed by atoms with Crippen molar-refractivity contribution >= 4 is 5.65 Å². The highest BCUT2D eigenvalue weighted by Gasteiger charge is 2.05. The zero-order valence-electron chi connectivity index (χ0n) is 11.3. The van der Waals surface area contributed by atoms with Crippen LogP contribution in [-0.4, -0.2) is 16.5 Å². The third kappa shape index (κ3) is 2.16. The molecule has 20 heavy (non-hydrogen) atoms. The molecule has 0 bridgehead atoms. The summed E-state index contributed by atoms with van der Waals surface area (Å²) in [5, 5.41) is 0. The van der Waals surface area contributed by atoms with E-state index in [4.69, 9.17) is 4.74 Å². The Hall–Kier alpha value is -2.62. The summed E-state index contributed by atoms with van der Waals surface area (Å²) < 4.78 is 6.75. The molecule has 2 aromatic heterocycles. The van der Waals surface area contributed by atoms with Gasteiger partial charge in [-0.2, -0.15) is 0 Å². The van der Waals surface area contributed by atoms with Crippen molar-refractivity contribution in [2.75, 3.05) is 7.11 Å². The summed E-state index contributed by atoms with van der Waals surface area (Å²) in [5.41, 5.74) is 3.09. The van der Waals surface area contributed by atoms with E-state index in [0.717, 1.165) is 16.9 Å². The highest BCUT2D eigenvalue weighted by molar-refractivity contribution is 5.63. The molecule has 0 radical (unpaired) electrons. The average Bonchev–Trinajstić information content (AvgIpc) is 2.48. The molecule has 0 spiro atoms. The molecule has 4 heteroatoms. The van der Waals surface area contributed by atoms with Crippen LogP contribution in [0.2, 0.25) is 0 Å². The number of hydrogen-bond donors (Lipinski definition) is 0. The minimum atomic E-state index is -0.0866. The monoisotopic (exact) mass is 266 g/mol. The Morgan fingerprint density at radius 3 is 2.80 bits per heavy atom. The molecule has 3 aromatic rings. The van der Waals surface area contributed by atoms with Crippen molar-refractivity contribution < 1.29 is 4.74 Å². The Bertz CT molecular complexity index is 837. The molecule has 1 aromatic carbocycles. The van der Waals surface area contributed by atoms with Crippen LogP contribution in [0.4, 0.5) is 0 Å². The number of ether oxygens (including phenoxy) is 1. The summed E-state index contributed by atoms with van der Waals surface area (Å²) in [6, 6.07) is 12.9. The van der Waals surface area contributed by atoms with E-state index in [1.165, 1.54) is 0 Å². The molecule has 0 amide bonds. The Morgan fingerprint density at radius 1 is 1.15 bits per heavy atom. The van der Waals surface area contributed by atoms with Crippen LogP contribution >= 0.6 is 0 Å². The Kier molecular flexibility index (Phi) is 2.99. The molecule has 0 atom stereocenters. The highest BCUT2D eigenvalue weighted by Crippen LogP contribution is 2.21. The maximum atomic E-state index is 12.2. The second kappa shape index (κ2) is 4.81. The molecule has 4 nitrogen and oxygen atoms in total. The van der Waals surface area contributed by atoms with Crippen molar-refractivity contribution in [1.29, 1.82) is 0 Å². The number of methoxy groups -OCH3 is 1. The van der Waals surface area contributed by atoms with E-state index >= 15 is 0 Å². The number of fused-ring (bicyclic) bond motifs is 1. The van der Waals surface area contributed by atoms with Crippen molar-refractivity contribution in [1.82, 2.24) is 9.38 Å². The number of hydrogen-bond acceptors (Lipinski definition) is 3. The van der Waals surface area contributed by atoms with Crippen molar-refractivity contribution in [3.63, 3.8) is 0 Å². The number of pyridine rings is 1. The first-order chi connectivity index (χ1) is 9.67. The van der Waals surface area contributed by atoms with Gasteiger partial charge in [0.15, 0.2) is 0 Å². The molecule has 0 aliphatic heterocycles.